The average Bonchev–Trinajstić information content (AvgIpc) is 3.16. The molecule has 2 saturated heterocycles. The van der Waals surface area contributed by atoms with E-state index in [4.69, 9.17) is 0 Å². The van der Waals surface area contributed by atoms with Gasteiger partial charge in [0.25, 0.3) is 0 Å². The van der Waals surface area contributed by atoms with Crippen LogP contribution >= 0.6 is 0 Å². The molecule has 0 radical (unpaired) electrons. The topological polar surface area (TPSA) is 90.5 Å². The van der Waals surface area contributed by atoms with Crippen molar-refractivity contribution in [2.75, 3.05) is 13.1 Å². The molecule has 148 valence electrons. The van der Waals surface area contributed by atoms with Crippen LogP contribution in [0, 0.1) is 5.92 Å². The quantitative estimate of drug-likeness (QED) is 0.711. The Morgan fingerprint density at radius 1 is 1.11 bits per heavy atom. The SMILES string of the molecule is O=C(NC1CCC2NNCC2C1)C1CCCCN1S(=O)(=O)c1ccccc1. The molecule has 7 nitrogen and oxygen atoms in total. The lowest BCUT2D eigenvalue weighted by Crippen LogP contribution is -2.54. The number of hydrogen-bond donors (Lipinski definition) is 3. The summed E-state index contributed by atoms with van der Waals surface area (Å²) in [5.41, 5.74) is 6.49. The number of amides is 1. The average molecular weight is 393 g/mol. The Morgan fingerprint density at radius 2 is 1.93 bits per heavy atom. The van der Waals surface area contributed by atoms with Gasteiger partial charge in [-0.05, 0) is 50.2 Å². The predicted octanol–water partition coefficient (Wildman–Crippen LogP) is 0.991. The molecule has 8 heteroatoms. The van der Waals surface area contributed by atoms with Crippen molar-refractivity contribution in [1.82, 2.24) is 20.5 Å². The number of fused-ring (bicyclic) bond motifs is 1. The predicted molar refractivity (Wildman–Crippen MR) is 102 cm³/mol. The third-order valence-electron chi connectivity index (χ3n) is 6.09. The first kappa shape index (κ1) is 18.9. The number of nitrogens with zero attached hydrogens (tertiary/aromatic N) is 1. The van der Waals surface area contributed by atoms with Crippen LogP contribution in [0.2, 0.25) is 0 Å². The van der Waals surface area contributed by atoms with Gasteiger partial charge in [-0.3, -0.25) is 15.6 Å². The molecule has 0 spiro atoms. The van der Waals surface area contributed by atoms with E-state index in [0.29, 0.717) is 24.9 Å². The van der Waals surface area contributed by atoms with Crippen molar-refractivity contribution in [2.45, 2.75) is 61.5 Å². The summed E-state index contributed by atoms with van der Waals surface area (Å²) in [6.07, 6.45) is 5.15. The van der Waals surface area contributed by atoms with Crippen molar-refractivity contribution >= 4 is 15.9 Å². The van der Waals surface area contributed by atoms with Crippen LogP contribution in [0.1, 0.15) is 38.5 Å². The fourth-order valence-corrected chi connectivity index (χ4v) is 6.29. The lowest BCUT2D eigenvalue weighted by atomic mass is 9.83. The fourth-order valence-electron chi connectivity index (χ4n) is 4.61. The van der Waals surface area contributed by atoms with E-state index in [-0.39, 0.29) is 16.8 Å². The van der Waals surface area contributed by atoms with Crippen molar-refractivity contribution in [3.63, 3.8) is 0 Å². The third-order valence-corrected chi connectivity index (χ3v) is 8.01. The molecule has 1 amide bonds. The van der Waals surface area contributed by atoms with E-state index < -0.39 is 16.1 Å². The van der Waals surface area contributed by atoms with E-state index in [1.165, 1.54) is 4.31 Å². The molecule has 2 heterocycles. The van der Waals surface area contributed by atoms with Gasteiger partial charge in [0.2, 0.25) is 15.9 Å². The Labute approximate surface area is 160 Å². The molecule has 1 aliphatic carbocycles. The van der Waals surface area contributed by atoms with Crippen LogP contribution in [0.4, 0.5) is 0 Å². The van der Waals surface area contributed by atoms with Crippen LogP contribution < -0.4 is 16.2 Å². The van der Waals surface area contributed by atoms with Crippen molar-refractivity contribution in [1.29, 1.82) is 0 Å². The highest BCUT2D eigenvalue weighted by atomic mass is 32.2. The van der Waals surface area contributed by atoms with Gasteiger partial charge in [0.15, 0.2) is 0 Å². The molecule has 2 aliphatic heterocycles. The zero-order valence-electron chi connectivity index (χ0n) is 15.4. The summed E-state index contributed by atoms with van der Waals surface area (Å²) in [5.74, 6) is 0.385. The maximum absolute atomic E-state index is 13.1. The summed E-state index contributed by atoms with van der Waals surface area (Å²) in [4.78, 5) is 13.3. The van der Waals surface area contributed by atoms with Crippen LogP contribution in [-0.2, 0) is 14.8 Å². The zero-order chi connectivity index (χ0) is 18.9. The van der Waals surface area contributed by atoms with E-state index >= 15 is 0 Å². The molecule has 4 unspecified atom stereocenters. The number of nitrogens with one attached hydrogen (secondary N) is 3. The largest absolute Gasteiger partial charge is 0.352 e. The number of hydrazine groups is 1. The van der Waals surface area contributed by atoms with Gasteiger partial charge in [-0.2, -0.15) is 4.31 Å². The molecule has 0 bridgehead atoms. The number of carbonyl (C=O) groups is 1. The number of carbonyl (C=O) groups excluding carboxylic acids is 1. The number of sulfonamides is 1. The summed E-state index contributed by atoms with van der Waals surface area (Å²) in [7, 11) is -3.66. The zero-order valence-corrected chi connectivity index (χ0v) is 16.2. The van der Waals surface area contributed by atoms with Crippen LogP contribution in [0.3, 0.4) is 0 Å². The van der Waals surface area contributed by atoms with Crippen LogP contribution in [-0.4, -0.2) is 49.8 Å². The normalized spacial score (nSPS) is 32.0. The van der Waals surface area contributed by atoms with Gasteiger partial charge in [-0.1, -0.05) is 24.6 Å². The Hall–Kier alpha value is -1.48. The minimum Gasteiger partial charge on any atom is -0.352 e. The Kier molecular flexibility index (Phi) is 5.50. The standard InChI is InChI=1S/C19H28N4O3S/c24-19(21-15-9-10-17-14(12-15)13-20-22-17)18-8-4-5-11-23(18)27(25,26)16-6-2-1-3-7-16/h1-3,6-7,14-15,17-18,20,22H,4-5,8-13H2,(H,21,24). The highest BCUT2D eigenvalue weighted by molar-refractivity contribution is 7.89. The van der Waals surface area contributed by atoms with E-state index in [1.54, 1.807) is 30.3 Å². The van der Waals surface area contributed by atoms with Gasteiger partial charge in [0, 0.05) is 25.2 Å². The maximum atomic E-state index is 13.1. The Bertz CT molecular complexity index is 770. The second-order valence-electron chi connectivity index (χ2n) is 7.85. The summed E-state index contributed by atoms with van der Waals surface area (Å²) >= 11 is 0. The van der Waals surface area contributed by atoms with Gasteiger partial charge in [-0.25, -0.2) is 8.42 Å². The second kappa shape index (κ2) is 7.87. The van der Waals surface area contributed by atoms with Crippen molar-refractivity contribution in [2.24, 2.45) is 5.92 Å². The first-order chi connectivity index (χ1) is 13.1. The number of benzene rings is 1. The van der Waals surface area contributed by atoms with E-state index in [0.717, 1.165) is 38.6 Å². The summed E-state index contributed by atoms with van der Waals surface area (Å²) in [6, 6.07) is 8.43. The molecular weight excluding hydrogens is 364 g/mol. The van der Waals surface area contributed by atoms with Crippen molar-refractivity contribution < 1.29 is 13.2 Å². The number of piperidine rings is 1. The molecule has 3 fully saturated rings. The van der Waals surface area contributed by atoms with Gasteiger partial charge in [0.1, 0.15) is 6.04 Å². The van der Waals surface area contributed by atoms with E-state index in [9.17, 15) is 13.2 Å². The molecule has 3 aliphatic rings. The summed E-state index contributed by atoms with van der Waals surface area (Å²) in [6.45, 7) is 1.33. The molecule has 1 aromatic rings. The molecule has 1 saturated carbocycles. The number of rotatable bonds is 4. The van der Waals surface area contributed by atoms with Crippen LogP contribution in [0.25, 0.3) is 0 Å². The Balaban J connectivity index is 1.46. The van der Waals surface area contributed by atoms with Crippen LogP contribution in [0.5, 0.6) is 0 Å². The van der Waals surface area contributed by atoms with Gasteiger partial charge >= 0.3 is 0 Å². The lowest BCUT2D eigenvalue weighted by Gasteiger charge is -2.36. The molecule has 4 atom stereocenters. The minimum atomic E-state index is -3.66. The first-order valence-electron chi connectivity index (χ1n) is 9.91. The lowest BCUT2D eigenvalue weighted by molar-refractivity contribution is -0.126. The fraction of sp³-hybridized carbons (Fsp3) is 0.632. The summed E-state index contributed by atoms with van der Waals surface area (Å²) < 4.78 is 27.6. The summed E-state index contributed by atoms with van der Waals surface area (Å²) in [5, 5.41) is 3.15. The van der Waals surface area contributed by atoms with Crippen LogP contribution in [0.15, 0.2) is 35.2 Å². The third kappa shape index (κ3) is 3.89. The minimum absolute atomic E-state index is 0.128. The maximum Gasteiger partial charge on any atom is 0.243 e. The smallest absolute Gasteiger partial charge is 0.243 e. The second-order valence-corrected chi connectivity index (χ2v) is 9.74. The molecule has 27 heavy (non-hydrogen) atoms. The van der Waals surface area contributed by atoms with Gasteiger partial charge in [0.05, 0.1) is 4.90 Å². The molecule has 0 aromatic heterocycles. The highest BCUT2D eigenvalue weighted by Crippen LogP contribution is 2.29. The molecule has 1 aromatic carbocycles. The van der Waals surface area contributed by atoms with Gasteiger partial charge in [-0.15, -0.1) is 0 Å². The van der Waals surface area contributed by atoms with E-state index in [1.807, 2.05) is 0 Å². The highest BCUT2D eigenvalue weighted by Gasteiger charge is 2.40. The molecular formula is C19H28N4O3S. The molecule has 3 N–H and O–H groups in total. The first-order valence-corrected chi connectivity index (χ1v) is 11.4. The molecule has 4 rings (SSSR count). The van der Waals surface area contributed by atoms with Crippen molar-refractivity contribution in [3.05, 3.63) is 30.3 Å². The number of hydrogen-bond acceptors (Lipinski definition) is 5. The van der Waals surface area contributed by atoms with Gasteiger partial charge < -0.3 is 5.32 Å². The van der Waals surface area contributed by atoms with E-state index in [2.05, 4.69) is 16.2 Å². The Morgan fingerprint density at radius 3 is 2.74 bits per heavy atom. The monoisotopic (exact) mass is 392 g/mol. The van der Waals surface area contributed by atoms with Crippen molar-refractivity contribution in [3.8, 4) is 0 Å².